The molecule has 28 heavy (non-hydrogen) atoms. The predicted octanol–water partition coefficient (Wildman–Crippen LogP) is 1.04. The number of rotatable bonds is 5. The summed E-state index contributed by atoms with van der Waals surface area (Å²) in [6.45, 7) is 5.39. The topological polar surface area (TPSA) is 94.1 Å². The zero-order valence-corrected chi connectivity index (χ0v) is 16.4. The highest BCUT2D eigenvalue weighted by molar-refractivity contribution is 5.79. The van der Waals surface area contributed by atoms with Gasteiger partial charge in [0.05, 0.1) is 18.3 Å². The van der Waals surface area contributed by atoms with Crippen molar-refractivity contribution in [2.75, 3.05) is 31.6 Å². The fraction of sp³-hybridized carbons (Fsp3) is 0.579. The van der Waals surface area contributed by atoms with Crippen molar-refractivity contribution < 1.29 is 23.8 Å². The van der Waals surface area contributed by atoms with Gasteiger partial charge in [-0.15, -0.1) is 0 Å². The number of nitrogens with one attached hydrogen (secondary N) is 2. The van der Waals surface area contributed by atoms with E-state index in [0.717, 1.165) is 5.69 Å². The summed E-state index contributed by atoms with van der Waals surface area (Å²) in [4.78, 5) is 27.9. The first-order valence-corrected chi connectivity index (χ1v) is 9.38. The van der Waals surface area contributed by atoms with Crippen molar-refractivity contribution in [3.63, 3.8) is 0 Å². The van der Waals surface area contributed by atoms with Gasteiger partial charge in [0.25, 0.3) is 0 Å². The highest BCUT2D eigenvalue weighted by atomic mass is 19.1. The lowest BCUT2D eigenvalue weighted by Gasteiger charge is -2.42. The van der Waals surface area contributed by atoms with Gasteiger partial charge in [0.1, 0.15) is 11.6 Å². The molecule has 0 aliphatic carbocycles. The predicted molar refractivity (Wildman–Crippen MR) is 102 cm³/mol. The van der Waals surface area contributed by atoms with Crippen LogP contribution >= 0.6 is 0 Å². The van der Waals surface area contributed by atoms with E-state index in [-0.39, 0.29) is 24.2 Å². The van der Waals surface area contributed by atoms with Gasteiger partial charge in [-0.1, -0.05) is 0 Å². The van der Waals surface area contributed by atoms with Crippen LogP contribution in [-0.4, -0.2) is 66.5 Å². The van der Waals surface area contributed by atoms with Crippen molar-refractivity contribution in [3.8, 4) is 5.75 Å². The van der Waals surface area contributed by atoms with Crippen molar-refractivity contribution in [3.05, 3.63) is 24.0 Å². The summed E-state index contributed by atoms with van der Waals surface area (Å²) in [6.07, 6.45) is -0.455. The molecule has 3 N–H and O–H groups in total. The Kier molecular flexibility index (Phi) is 5.64. The Morgan fingerprint density at radius 1 is 1.43 bits per heavy atom. The molecule has 1 aromatic carbocycles. The summed E-state index contributed by atoms with van der Waals surface area (Å²) in [5, 5.41) is 15.0. The molecule has 0 radical (unpaired) electrons. The molecule has 0 aromatic heterocycles. The number of aliphatic hydroxyl groups excluding tert-OH is 1. The van der Waals surface area contributed by atoms with Gasteiger partial charge in [0, 0.05) is 38.2 Å². The highest BCUT2D eigenvalue weighted by Crippen LogP contribution is 2.32. The number of aliphatic hydroxyl groups is 1. The number of nitrogens with zero attached hydrogens (tertiary/aromatic N) is 2. The maximum atomic E-state index is 13.5. The number of urea groups is 1. The molecule has 2 saturated heterocycles. The molecule has 2 heterocycles. The van der Waals surface area contributed by atoms with Crippen LogP contribution in [0.25, 0.3) is 0 Å². The maximum Gasteiger partial charge on any atom is 0.317 e. The van der Waals surface area contributed by atoms with Crippen LogP contribution in [0.2, 0.25) is 0 Å². The molecule has 3 atom stereocenters. The van der Waals surface area contributed by atoms with Crippen molar-refractivity contribution >= 4 is 17.6 Å². The number of carbonyl (C=O) groups excluding carboxylic acids is 2. The molecule has 0 bridgehead atoms. The molecule has 2 aliphatic heterocycles. The van der Waals surface area contributed by atoms with Crippen molar-refractivity contribution in [2.45, 2.75) is 44.5 Å². The average Bonchev–Trinajstić information content (AvgIpc) is 2.91. The Bertz CT molecular complexity index is 761. The number of piperazine rings is 1. The zero-order chi connectivity index (χ0) is 20.5. The Labute approximate surface area is 163 Å². The van der Waals surface area contributed by atoms with Crippen LogP contribution < -0.4 is 20.3 Å². The van der Waals surface area contributed by atoms with Crippen LogP contribution in [0.3, 0.4) is 0 Å². The van der Waals surface area contributed by atoms with E-state index >= 15 is 0 Å². The van der Waals surface area contributed by atoms with E-state index in [1.54, 1.807) is 17.9 Å². The monoisotopic (exact) mass is 394 g/mol. The van der Waals surface area contributed by atoms with Crippen LogP contribution in [0.4, 0.5) is 14.9 Å². The van der Waals surface area contributed by atoms with E-state index in [1.807, 2.05) is 6.92 Å². The molecule has 3 amide bonds. The van der Waals surface area contributed by atoms with Gasteiger partial charge >= 0.3 is 6.03 Å². The van der Waals surface area contributed by atoms with Crippen molar-refractivity contribution in [2.24, 2.45) is 0 Å². The second kappa shape index (κ2) is 7.83. The minimum atomic E-state index is -1.02. The molecule has 3 rings (SSSR count). The summed E-state index contributed by atoms with van der Waals surface area (Å²) in [5.41, 5.74) is -0.0550. The molecule has 8 nitrogen and oxygen atoms in total. The number of methoxy groups -OCH3 is 1. The largest absolute Gasteiger partial charge is 0.494 e. The van der Waals surface area contributed by atoms with E-state index in [9.17, 15) is 19.1 Å². The van der Waals surface area contributed by atoms with Crippen LogP contribution in [0.1, 0.15) is 26.7 Å². The van der Waals surface area contributed by atoms with E-state index in [0.29, 0.717) is 31.8 Å². The van der Waals surface area contributed by atoms with Gasteiger partial charge in [-0.25, -0.2) is 9.18 Å². The lowest BCUT2D eigenvalue weighted by molar-refractivity contribution is -0.132. The summed E-state index contributed by atoms with van der Waals surface area (Å²) < 4.78 is 18.8. The quantitative estimate of drug-likeness (QED) is 0.694. The fourth-order valence-electron chi connectivity index (χ4n) is 3.80. The zero-order valence-electron chi connectivity index (χ0n) is 16.4. The second-order valence-corrected chi connectivity index (χ2v) is 7.62. The number of amides is 3. The van der Waals surface area contributed by atoms with Crippen LogP contribution in [-0.2, 0) is 4.79 Å². The third-order valence-electron chi connectivity index (χ3n) is 5.56. The highest BCUT2D eigenvalue weighted by Gasteiger charge is 2.42. The Balaban J connectivity index is 1.59. The van der Waals surface area contributed by atoms with Crippen molar-refractivity contribution in [1.29, 1.82) is 0 Å². The number of hydrogen-bond acceptors (Lipinski definition) is 5. The van der Waals surface area contributed by atoms with Gasteiger partial charge in [0.15, 0.2) is 6.23 Å². The van der Waals surface area contributed by atoms with Gasteiger partial charge in [-0.2, -0.15) is 0 Å². The molecular weight excluding hydrogens is 367 g/mol. The molecule has 1 aromatic rings. The minimum Gasteiger partial charge on any atom is -0.494 e. The van der Waals surface area contributed by atoms with E-state index in [1.165, 1.54) is 19.2 Å². The van der Waals surface area contributed by atoms with Crippen LogP contribution in [0.5, 0.6) is 5.75 Å². The fourth-order valence-corrected chi connectivity index (χ4v) is 3.80. The van der Waals surface area contributed by atoms with Gasteiger partial charge < -0.3 is 30.3 Å². The lowest BCUT2D eigenvalue weighted by Crippen LogP contribution is -2.54. The van der Waals surface area contributed by atoms with Gasteiger partial charge in [-0.05, 0) is 32.4 Å². The molecule has 9 heteroatoms. The Morgan fingerprint density at radius 2 is 2.18 bits per heavy atom. The van der Waals surface area contributed by atoms with Crippen molar-refractivity contribution in [1.82, 2.24) is 15.5 Å². The third kappa shape index (κ3) is 3.99. The summed E-state index contributed by atoms with van der Waals surface area (Å²) in [6, 6.07) is 4.05. The molecule has 2 fully saturated rings. The Morgan fingerprint density at radius 3 is 2.79 bits per heavy atom. The normalized spacial score (nSPS) is 27.4. The maximum absolute atomic E-state index is 13.5. The van der Waals surface area contributed by atoms with Crippen LogP contribution in [0.15, 0.2) is 18.2 Å². The van der Waals surface area contributed by atoms with E-state index < -0.39 is 17.8 Å². The number of benzene rings is 1. The average molecular weight is 394 g/mol. The first kappa shape index (κ1) is 20.2. The smallest absolute Gasteiger partial charge is 0.317 e. The molecule has 1 unspecified atom stereocenters. The SMILES string of the molecule is COc1cc(F)ccc1N1CCN(C(=O)CC[C@@]2(C)NC(=O)NC2O)C[C@@H]1C. The summed E-state index contributed by atoms with van der Waals surface area (Å²) in [7, 11) is 1.51. The lowest BCUT2D eigenvalue weighted by atomic mass is 9.94. The summed E-state index contributed by atoms with van der Waals surface area (Å²) in [5.74, 6) is 0.0939. The minimum absolute atomic E-state index is 0.0212. The summed E-state index contributed by atoms with van der Waals surface area (Å²) >= 11 is 0. The second-order valence-electron chi connectivity index (χ2n) is 7.62. The number of halogens is 1. The first-order chi connectivity index (χ1) is 13.2. The standard InChI is InChI=1S/C19H27FN4O4/c1-12-11-23(16(25)6-7-19(2)17(26)21-18(27)22-19)8-9-24(12)14-5-4-13(20)10-15(14)28-3/h4-5,10,12,17,26H,6-9,11H2,1-3H3,(H2,21,22,27)/t12-,17?,19+/m0/s1. The number of hydrogen-bond donors (Lipinski definition) is 3. The van der Waals surface area contributed by atoms with Crippen LogP contribution in [0, 0.1) is 5.82 Å². The van der Waals surface area contributed by atoms with Gasteiger partial charge in [0.2, 0.25) is 5.91 Å². The first-order valence-electron chi connectivity index (χ1n) is 9.38. The Hall–Kier alpha value is -2.55. The molecule has 2 aliphatic rings. The molecule has 0 spiro atoms. The number of ether oxygens (including phenoxy) is 1. The number of anilines is 1. The molecular formula is C19H27FN4O4. The molecule has 0 saturated carbocycles. The van der Waals surface area contributed by atoms with E-state index in [2.05, 4.69) is 15.5 Å². The van der Waals surface area contributed by atoms with Gasteiger partial charge in [-0.3, -0.25) is 4.79 Å². The third-order valence-corrected chi connectivity index (χ3v) is 5.56. The van der Waals surface area contributed by atoms with E-state index in [4.69, 9.17) is 4.74 Å². The number of carbonyl (C=O) groups is 2. The molecule has 154 valence electrons.